The van der Waals surface area contributed by atoms with E-state index in [1.54, 1.807) is 12.3 Å². The Morgan fingerprint density at radius 2 is 2.00 bits per heavy atom. The topological polar surface area (TPSA) is 49.9 Å². The highest BCUT2D eigenvalue weighted by Crippen LogP contribution is 2.19. The molecule has 0 bridgehead atoms. The van der Waals surface area contributed by atoms with Crippen LogP contribution < -0.4 is 15.1 Å². The van der Waals surface area contributed by atoms with E-state index in [4.69, 9.17) is 4.42 Å². The molecule has 0 aliphatic carbocycles. The van der Waals surface area contributed by atoms with Gasteiger partial charge in [-0.05, 0) is 35.7 Å². The molecule has 4 rings (SSSR count). The summed E-state index contributed by atoms with van der Waals surface area (Å²) in [6, 6.07) is 14.5. The number of piperazine rings is 1. The standard InChI is InChI=1S/C21H22FN3O2S/c22-16-5-1-2-6-17(16)24-9-11-25(12-10-24)18(19-7-3-13-27-19)15-23-21(26)20-8-4-14-28-20/h1-8,13-14,18H,9-12,15H2,(H,23,26)/p+1/t18-/m0/s1. The van der Waals surface area contributed by atoms with Crippen LogP contribution in [0.2, 0.25) is 0 Å². The van der Waals surface area contributed by atoms with Gasteiger partial charge in [-0.25, -0.2) is 4.39 Å². The number of anilines is 1. The van der Waals surface area contributed by atoms with E-state index in [1.165, 1.54) is 22.3 Å². The second-order valence-electron chi connectivity index (χ2n) is 6.85. The first-order valence-electron chi connectivity index (χ1n) is 9.41. The van der Waals surface area contributed by atoms with Crippen molar-refractivity contribution in [3.8, 4) is 0 Å². The van der Waals surface area contributed by atoms with Gasteiger partial charge in [-0.1, -0.05) is 18.2 Å². The summed E-state index contributed by atoms with van der Waals surface area (Å²) in [4.78, 5) is 16.5. The third-order valence-electron chi connectivity index (χ3n) is 5.19. The highest BCUT2D eigenvalue weighted by atomic mass is 32.1. The summed E-state index contributed by atoms with van der Waals surface area (Å²) in [7, 11) is 0. The van der Waals surface area contributed by atoms with Crippen molar-refractivity contribution in [2.75, 3.05) is 37.6 Å². The Bertz CT molecular complexity index is 890. The van der Waals surface area contributed by atoms with Crippen LogP contribution >= 0.6 is 11.3 Å². The normalized spacial score (nSPS) is 16.1. The van der Waals surface area contributed by atoms with Crippen molar-refractivity contribution in [3.63, 3.8) is 0 Å². The van der Waals surface area contributed by atoms with Crippen molar-refractivity contribution < 1.29 is 18.5 Å². The van der Waals surface area contributed by atoms with E-state index in [1.807, 2.05) is 41.8 Å². The molecule has 0 unspecified atom stereocenters. The molecule has 1 saturated heterocycles. The van der Waals surface area contributed by atoms with E-state index >= 15 is 0 Å². The number of hydrogen-bond donors (Lipinski definition) is 2. The van der Waals surface area contributed by atoms with Crippen LogP contribution in [-0.4, -0.2) is 38.6 Å². The first-order chi connectivity index (χ1) is 13.7. The lowest BCUT2D eigenvalue weighted by Gasteiger charge is -2.37. The molecule has 3 aromatic rings. The van der Waals surface area contributed by atoms with Gasteiger partial charge in [0.05, 0.1) is 49.6 Å². The molecule has 7 heteroatoms. The Morgan fingerprint density at radius 3 is 2.68 bits per heavy atom. The molecule has 28 heavy (non-hydrogen) atoms. The van der Waals surface area contributed by atoms with Crippen molar-refractivity contribution in [1.82, 2.24) is 5.32 Å². The van der Waals surface area contributed by atoms with Crippen LogP contribution in [0.3, 0.4) is 0 Å². The van der Waals surface area contributed by atoms with E-state index in [-0.39, 0.29) is 17.8 Å². The summed E-state index contributed by atoms with van der Waals surface area (Å²) in [6.07, 6.45) is 1.67. The number of rotatable bonds is 6. The fourth-order valence-electron chi connectivity index (χ4n) is 3.72. The Hall–Kier alpha value is -2.64. The van der Waals surface area contributed by atoms with Crippen LogP contribution in [0.15, 0.2) is 64.6 Å². The van der Waals surface area contributed by atoms with Crippen LogP contribution in [-0.2, 0) is 0 Å². The maximum absolute atomic E-state index is 14.1. The van der Waals surface area contributed by atoms with Crippen LogP contribution in [0, 0.1) is 5.82 Å². The van der Waals surface area contributed by atoms with Crippen LogP contribution in [0.4, 0.5) is 10.1 Å². The van der Waals surface area contributed by atoms with Gasteiger partial charge in [-0.15, -0.1) is 11.3 Å². The maximum Gasteiger partial charge on any atom is 0.261 e. The van der Waals surface area contributed by atoms with Gasteiger partial charge in [-0.3, -0.25) is 4.79 Å². The molecule has 1 fully saturated rings. The third-order valence-corrected chi connectivity index (χ3v) is 6.06. The Labute approximate surface area is 167 Å². The number of carbonyl (C=O) groups is 1. The lowest BCUT2D eigenvalue weighted by atomic mass is 10.1. The lowest BCUT2D eigenvalue weighted by Crippen LogP contribution is -3.15. The first-order valence-corrected chi connectivity index (χ1v) is 10.3. The summed E-state index contributed by atoms with van der Waals surface area (Å²) in [6.45, 7) is 3.70. The van der Waals surface area contributed by atoms with Crippen LogP contribution in [0.25, 0.3) is 0 Å². The van der Waals surface area contributed by atoms with Gasteiger partial charge < -0.3 is 19.5 Å². The number of thiophene rings is 1. The smallest absolute Gasteiger partial charge is 0.261 e. The number of amides is 1. The molecule has 0 saturated carbocycles. The molecular formula is C21H23FN3O2S+. The first kappa shape index (κ1) is 18.7. The van der Waals surface area contributed by atoms with E-state index in [0.29, 0.717) is 17.1 Å². The SMILES string of the molecule is O=C(NC[C@@H](c1ccco1)[NH+]1CCN(c2ccccc2F)CC1)c1cccs1. The molecule has 0 radical (unpaired) electrons. The molecule has 1 aliphatic rings. The number of carbonyl (C=O) groups excluding carboxylic acids is 1. The fourth-order valence-corrected chi connectivity index (χ4v) is 4.36. The zero-order chi connectivity index (χ0) is 19.3. The number of nitrogens with one attached hydrogen (secondary N) is 2. The van der Waals surface area contributed by atoms with E-state index in [9.17, 15) is 9.18 Å². The number of nitrogens with zero attached hydrogens (tertiary/aromatic N) is 1. The van der Waals surface area contributed by atoms with Crippen molar-refractivity contribution in [3.05, 3.63) is 76.6 Å². The van der Waals surface area contributed by atoms with Gasteiger partial charge in [0.25, 0.3) is 5.91 Å². The zero-order valence-electron chi connectivity index (χ0n) is 15.4. The summed E-state index contributed by atoms with van der Waals surface area (Å²) < 4.78 is 19.7. The molecular weight excluding hydrogens is 377 g/mol. The van der Waals surface area contributed by atoms with Gasteiger partial charge in [0.15, 0.2) is 11.8 Å². The minimum absolute atomic E-state index is 0.0293. The predicted molar refractivity (Wildman–Crippen MR) is 107 cm³/mol. The van der Waals surface area contributed by atoms with Gasteiger partial charge in [0.1, 0.15) is 5.82 Å². The molecule has 1 atom stereocenters. The monoisotopic (exact) mass is 400 g/mol. The molecule has 2 aromatic heterocycles. The number of furan rings is 1. The van der Waals surface area contributed by atoms with Gasteiger partial charge in [0, 0.05) is 0 Å². The average molecular weight is 400 g/mol. The Morgan fingerprint density at radius 1 is 1.18 bits per heavy atom. The van der Waals surface area contributed by atoms with Gasteiger partial charge in [-0.2, -0.15) is 0 Å². The second kappa shape index (κ2) is 8.58. The van der Waals surface area contributed by atoms with Crippen molar-refractivity contribution in [2.45, 2.75) is 6.04 Å². The van der Waals surface area contributed by atoms with E-state index in [0.717, 1.165) is 31.9 Å². The zero-order valence-corrected chi connectivity index (χ0v) is 16.3. The maximum atomic E-state index is 14.1. The molecule has 1 aromatic carbocycles. The molecule has 1 amide bonds. The predicted octanol–water partition coefficient (Wildman–Crippen LogP) is 2.36. The lowest BCUT2D eigenvalue weighted by molar-refractivity contribution is -0.932. The Balaban J connectivity index is 1.42. The quantitative estimate of drug-likeness (QED) is 0.668. The van der Waals surface area contributed by atoms with Crippen molar-refractivity contribution in [1.29, 1.82) is 0 Å². The summed E-state index contributed by atoms with van der Waals surface area (Å²) >= 11 is 1.43. The fraction of sp³-hybridized carbons (Fsp3) is 0.286. The molecule has 5 nitrogen and oxygen atoms in total. The largest absolute Gasteiger partial charge is 0.463 e. The molecule has 1 aliphatic heterocycles. The third kappa shape index (κ3) is 4.10. The van der Waals surface area contributed by atoms with E-state index < -0.39 is 0 Å². The molecule has 3 heterocycles. The highest BCUT2D eigenvalue weighted by Gasteiger charge is 2.31. The number of halogens is 1. The molecule has 2 N–H and O–H groups in total. The number of para-hydroxylation sites is 1. The van der Waals surface area contributed by atoms with Gasteiger partial charge >= 0.3 is 0 Å². The van der Waals surface area contributed by atoms with Crippen LogP contribution in [0.1, 0.15) is 21.5 Å². The number of benzene rings is 1. The van der Waals surface area contributed by atoms with Crippen molar-refractivity contribution in [2.24, 2.45) is 0 Å². The highest BCUT2D eigenvalue weighted by molar-refractivity contribution is 7.12. The number of hydrogen-bond acceptors (Lipinski definition) is 4. The summed E-state index contributed by atoms with van der Waals surface area (Å²) in [5, 5.41) is 4.93. The molecule has 0 spiro atoms. The second-order valence-corrected chi connectivity index (χ2v) is 7.80. The Kier molecular flexibility index (Phi) is 5.73. The summed E-state index contributed by atoms with van der Waals surface area (Å²) in [5.74, 6) is 0.619. The minimum atomic E-state index is -0.184. The summed E-state index contributed by atoms with van der Waals surface area (Å²) in [5.41, 5.74) is 0.655. The molecule has 146 valence electrons. The van der Waals surface area contributed by atoms with Crippen LogP contribution in [0.5, 0.6) is 0 Å². The van der Waals surface area contributed by atoms with Crippen molar-refractivity contribution >= 4 is 22.9 Å². The average Bonchev–Trinajstić information content (AvgIpc) is 3.43. The minimum Gasteiger partial charge on any atom is -0.463 e. The number of quaternary nitrogens is 1. The van der Waals surface area contributed by atoms with Gasteiger partial charge in [0.2, 0.25) is 0 Å². The van der Waals surface area contributed by atoms with E-state index in [2.05, 4.69) is 10.2 Å².